The number of aliphatic carboxylic acids is 1. The van der Waals surface area contributed by atoms with Gasteiger partial charge >= 0.3 is 41.6 Å². The topological polar surface area (TPSA) is 66.4 Å². The van der Waals surface area contributed by atoms with Crippen LogP contribution >= 0.6 is 0 Å². The number of carbonyl (C=O) groups is 2. The first-order chi connectivity index (χ1) is 5.07. The summed E-state index contributed by atoms with van der Waals surface area (Å²) in [5.41, 5.74) is -0.0909. The molecule has 0 aromatic rings. The van der Waals surface area contributed by atoms with E-state index in [4.69, 9.17) is 0 Å². The van der Waals surface area contributed by atoms with Crippen molar-refractivity contribution >= 4 is 11.9 Å². The number of ether oxygens (including phenoxy) is 1. The van der Waals surface area contributed by atoms with Crippen molar-refractivity contribution in [2.75, 3.05) is 6.61 Å². The zero-order chi connectivity index (χ0) is 8.85. The molecule has 0 atom stereocenters. The van der Waals surface area contributed by atoms with Gasteiger partial charge in [0.25, 0.3) is 0 Å². The van der Waals surface area contributed by atoms with Crippen LogP contribution in [0.4, 0.5) is 0 Å². The number of rotatable bonds is 4. The Balaban J connectivity index is 0. The molecule has 0 aliphatic carbocycles. The quantitative estimate of drug-likeness (QED) is 0.505. The molecule has 0 aliphatic rings. The molecule has 0 saturated carbocycles. The SMILES string of the molecule is C=C(CC(=O)[O-])C(=O)OCC.[La+3]. The third kappa shape index (κ3) is 6.58. The Morgan fingerprint density at radius 1 is 1.50 bits per heavy atom. The zero-order valence-corrected chi connectivity index (χ0v) is 10.5. The molecule has 0 spiro atoms. The van der Waals surface area contributed by atoms with Crippen LogP contribution in [-0.4, -0.2) is 18.5 Å². The van der Waals surface area contributed by atoms with E-state index >= 15 is 0 Å². The monoisotopic (exact) mass is 296 g/mol. The van der Waals surface area contributed by atoms with E-state index in [2.05, 4.69) is 11.3 Å². The molecule has 0 bridgehead atoms. The molecule has 62 valence electrons. The summed E-state index contributed by atoms with van der Waals surface area (Å²) in [7, 11) is 0. The first-order valence-electron chi connectivity index (χ1n) is 3.12. The average Bonchev–Trinajstić information content (AvgIpc) is 1.86. The van der Waals surface area contributed by atoms with Crippen molar-refractivity contribution in [3.63, 3.8) is 0 Å². The summed E-state index contributed by atoms with van der Waals surface area (Å²) in [6.45, 7) is 5.06. The minimum absolute atomic E-state index is 0. The molecule has 0 aromatic heterocycles. The number of hydrogen-bond donors (Lipinski definition) is 0. The standard InChI is InChI=1S/C7H10O4.La/c1-3-11-7(10)5(2)4-6(8)9;/h2-4H2,1H3,(H,8,9);/q;+3/p-1. The average molecular weight is 296 g/mol. The second-order valence-electron chi connectivity index (χ2n) is 1.87. The molecule has 5 heteroatoms. The van der Waals surface area contributed by atoms with Crippen LogP contribution in [0.15, 0.2) is 12.2 Å². The summed E-state index contributed by atoms with van der Waals surface area (Å²) in [5, 5.41) is 9.94. The maximum atomic E-state index is 10.7. The fourth-order valence-corrected chi connectivity index (χ4v) is 0.480. The van der Waals surface area contributed by atoms with Crippen LogP contribution in [0.5, 0.6) is 0 Å². The van der Waals surface area contributed by atoms with Gasteiger partial charge in [0, 0.05) is 18.0 Å². The van der Waals surface area contributed by atoms with Crippen molar-refractivity contribution < 1.29 is 55.0 Å². The maximum Gasteiger partial charge on any atom is 3.00 e. The van der Waals surface area contributed by atoms with Crippen LogP contribution in [0.1, 0.15) is 13.3 Å². The van der Waals surface area contributed by atoms with Crippen molar-refractivity contribution in [3.8, 4) is 0 Å². The molecule has 0 unspecified atom stereocenters. The Labute approximate surface area is 98.6 Å². The molecule has 0 fully saturated rings. The fraction of sp³-hybridized carbons (Fsp3) is 0.429. The molecular formula is C7H9LaO4+2. The first kappa shape index (κ1) is 14.4. The van der Waals surface area contributed by atoms with Gasteiger partial charge < -0.3 is 14.6 Å². The van der Waals surface area contributed by atoms with E-state index in [1.165, 1.54) is 0 Å². The molecule has 0 aliphatic heterocycles. The van der Waals surface area contributed by atoms with Gasteiger partial charge in [0.1, 0.15) is 0 Å². The molecule has 0 rings (SSSR count). The van der Waals surface area contributed by atoms with E-state index in [-0.39, 0.29) is 47.8 Å². The minimum Gasteiger partial charge on any atom is -0.550 e. The van der Waals surface area contributed by atoms with Crippen molar-refractivity contribution in [2.24, 2.45) is 0 Å². The Hall–Kier alpha value is -0.125. The molecule has 0 saturated heterocycles. The van der Waals surface area contributed by atoms with Gasteiger partial charge in [0.2, 0.25) is 0 Å². The summed E-state index contributed by atoms with van der Waals surface area (Å²) >= 11 is 0. The normalized spacial score (nSPS) is 8.08. The van der Waals surface area contributed by atoms with E-state index in [1.54, 1.807) is 6.92 Å². The van der Waals surface area contributed by atoms with Crippen LogP contribution in [0, 0.1) is 35.6 Å². The van der Waals surface area contributed by atoms with Crippen LogP contribution in [0.25, 0.3) is 0 Å². The maximum absolute atomic E-state index is 10.7. The van der Waals surface area contributed by atoms with E-state index in [0.717, 1.165) is 0 Å². The second kappa shape index (κ2) is 7.52. The molecule has 4 nitrogen and oxygen atoms in total. The van der Waals surface area contributed by atoms with Crippen molar-refractivity contribution in [1.29, 1.82) is 0 Å². The zero-order valence-electron chi connectivity index (χ0n) is 6.83. The second-order valence-corrected chi connectivity index (χ2v) is 1.87. The summed E-state index contributed by atoms with van der Waals surface area (Å²) in [6.07, 6.45) is -0.473. The summed E-state index contributed by atoms with van der Waals surface area (Å²) in [5.74, 6) is -2.01. The summed E-state index contributed by atoms with van der Waals surface area (Å²) in [4.78, 5) is 20.6. The smallest absolute Gasteiger partial charge is 0.550 e. The van der Waals surface area contributed by atoms with Crippen molar-refractivity contribution in [2.45, 2.75) is 13.3 Å². The van der Waals surface area contributed by atoms with Gasteiger partial charge in [-0.05, 0) is 6.92 Å². The molecule has 0 amide bonds. The summed E-state index contributed by atoms with van der Waals surface area (Å²) in [6, 6.07) is 0. The van der Waals surface area contributed by atoms with Gasteiger partial charge in [0.05, 0.1) is 6.61 Å². The number of carboxylic acid groups (broad SMARTS) is 1. The van der Waals surface area contributed by atoms with Gasteiger partial charge in [-0.25, -0.2) is 4.79 Å². The third-order valence-corrected chi connectivity index (χ3v) is 0.922. The first-order valence-corrected chi connectivity index (χ1v) is 3.12. The van der Waals surface area contributed by atoms with Gasteiger partial charge in [-0.1, -0.05) is 6.58 Å². The number of carbonyl (C=O) groups excluding carboxylic acids is 2. The Kier molecular flexibility index (Phi) is 9.03. The molecule has 12 heavy (non-hydrogen) atoms. The predicted octanol–water partition coefficient (Wildman–Crippen LogP) is -0.754. The number of carboxylic acids is 1. The van der Waals surface area contributed by atoms with Gasteiger partial charge in [-0.3, -0.25) is 0 Å². The largest absolute Gasteiger partial charge is 3.00 e. The summed E-state index contributed by atoms with van der Waals surface area (Å²) < 4.78 is 4.47. The molecule has 0 N–H and O–H groups in total. The van der Waals surface area contributed by atoms with Gasteiger partial charge in [-0.2, -0.15) is 0 Å². The van der Waals surface area contributed by atoms with E-state index < -0.39 is 18.4 Å². The van der Waals surface area contributed by atoms with Crippen LogP contribution in [0.2, 0.25) is 0 Å². The van der Waals surface area contributed by atoms with Crippen LogP contribution < -0.4 is 5.11 Å². The molecular weight excluding hydrogens is 287 g/mol. The Bertz CT molecular complexity index is 188. The van der Waals surface area contributed by atoms with E-state index in [9.17, 15) is 14.7 Å². The predicted molar refractivity (Wildman–Crippen MR) is 35.4 cm³/mol. The van der Waals surface area contributed by atoms with Crippen molar-refractivity contribution in [3.05, 3.63) is 12.2 Å². The molecule has 0 aromatic carbocycles. The van der Waals surface area contributed by atoms with Crippen molar-refractivity contribution in [1.82, 2.24) is 0 Å². The van der Waals surface area contributed by atoms with Gasteiger partial charge in [-0.15, -0.1) is 0 Å². The van der Waals surface area contributed by atoms with Gasteiger partial charge in [0.15, 0.2) is 0 Å². The molecule has 0 radical (unpaired) electrons. The van der Waals surface area contributed by atoms with Crippen LogP contribution in [0.3, 0.4) is 0 Å². The number of hydrogen-bond acceptors (Lipinski definition) is 4. The van der Waals surface area contributed by atoms with Crippen LogP contribution in [-0.2, 0) is 14.3 Å². The fourth-order valence-electron chi connectivity index (χ4n) is 0.480. The van der Waals surface area contributed by atoms with E-state index in [1.807, 2.05) is 0 Å². The minimum atomic E-state index is -1.33. The Morgan fingerprint density at radius 3 is 2.33 bits per heavy atom. The Morgan fingerprint density at radius 2 is 2.00 bits per heavy atom. The van der Waals surface area contributed by atoms with E-state index in [0.29, 0.717) is 0 Å². The third-order valence-electron chi connectivity index (χ3n) is 0.922. The number of esters is 1. The molecule has 0 heterocycles.